The Hall–Kier alpha value is -1.91. The Kier molecular flexibility index (Phi) is 6.79. The van der Waals surface area contributed by atoms with Crippen LogP contribution >= 0.6 is 27.3 Å². The molecule has 0 aliphatic heterocycles. The van der Waals surface area contributed by atoms with Crippen molar-refractivity contribution in [2.75, 3.05) is 11.0 Å². The van der Waals surface area contributed by atoms with Crippen LogP contribution in [0.2, 0.25) is 0 Å². The average molecular weight is 460 g/mol. The normalized spacial score (nSPS) is 12.3. The third-order valence-corrected chi connectivity index (χ3v) is 5.52. The van der Waals surface area contributed by atoms with Crippen molar-refractivity contribution in [2.45, 2.75) is 19.5 Å². The maximum atomic E-state index is 12.2. The number of rotatable bonds is 7. The summed E-state index contributed by atoms with van der Waals surface area (Å²) < 4.78 is 26.1. The predicted octanol–water partition coefficient (Wildman–Crippen LogP) is 2.32. The predicted molar refractivity (Wildman–Crippen MR) is 106 cm³/mol. The van der Waals surface area contributed by atoms with E-state index in [4.69, 9.17) is 0 Å². The highest BCUT2D eigenvalue weighted by atomic mass is 79.9. The molecule has 2 aromatic rings. The topological polar surface area (TPSA) is 104 Å². The lowest BCUT2D eigenvalue weighted by Crippen LogP contribution is -2.44. The van der Waals surface area contributed by atoms with Crippen LogP contribution in [0.1, 0.15) is 22.2 Å². The minimum Gasteiger partial charge on any atom is -0.350 e. The first-order valence-corrected chi connectivity index (χ1v) is 11.1. The summed E-state index contributed by atoms with van der Waals surface area (Å²) in [7, 11) is -3.42. The molecule has 1 unspecified atom stereocenters. The fourth-order valence-electron chi connectivity index (χ4n) is 2.08. The van der Waals surface area contributed by atoms with E-state index in [9.17, 15) is 18.0 Å². The number of thiophene rings is 1. The zero-order chi connectivity index (χ0) is 19.3. The maximum Gasteiger partial charge on any atom is 0.262 e. The van der Waals surface area contributed by atoms with Gasteiger partial charge in [-0.1, -0.05) is 18.2 Å². The number of anilines is 1. The summed E-state index contributed by atoms with van der Waals surface area (Å²) in [4.78, 5) is 24.8. The van der Waals surface area contributed by atoms with Crippen LogP contribution in [-0.2, 0) is 21.4 Å². The van der Waals surface area contributed by atoms with Gasteiger partial charge in [-0.2, -0.15) is 0 Å². The second-order valence-corrected chi connectivity index (χ2v) is 9.76. The van der Waals surface area contributed by atoms with Crippen molar-refractivity contribution < 1.29 is 18.0 Å². The molecule has 26 heavy (non-hydrogen) atoms. The van der Waals surface area contributed by atoms with Gasteiger partial charge in [0.25, 0.3) is 5.91 Å². The SMILES string of the molecule is CC(NC(=O)c1ccc(Br)s1)C(=O)NCc1ccccc1NS(C)(=O)=O. The van der Waals surface area contributed by atoms with Crippen LogP contribution in [0.3, 0.4) is 0 Å². The second-order valence-electron chi connectivity index (χ2n) is 5.55. The monoisotopic (exact) mass is 459 g/mol. The van der Waals surface area contributed by atoms with E-state index in [1.54, 1.807) is 43.3 Å². The van der Waals surface area contributed by atoms with Crippen molar-refractivity contribution >= 4 is 54.8 Å². The number of hydrogen-bond donors (Lipinski definition) is 3. The Labute approximate surface area is 164 Å². The Balaban J connectivity index is 1.95. The zero-order valence-electron chi connectivity index (χ0n) is 14.1. The van der Waals surface area contributed by atoms with Gasteiger partial charge < -0.3 is 10.6 Å². The van der Waals surface area contributed by atoms with Gasteiger partial charge in [-0.3, -0.25) is 14.3 Å². The number of amides is 2. The van der Waals surface area contributed by atoms with Gasteiger partial charge in [0.15, 0.2) is 0 Å². The van der Waals surface area contributed by atoms with Gasteiger partial charge in [0.05, 0.1) is 20.6 Å². The molecule has 140 valence electrons. The lowest BCUT2D eigenvalue weighted by molar-refractivity contribution is -0.122. The van der Waals surface area contributed by atoms with E-state index in [1.807, 2.05) is 0 Å². The molecule has 0 saturated heterocycles. The highest BCUT2D eigenvalue weighted by molar-refractivity contribution is 9.11. The number of carbonyl (C=O) groups is 2. The van der Waals surface area contributed by atoms with Gasteiger partial charge in [-0.25, -0.2) is 8.42 Å². The molecule has 0 aliphatic rings. The van der Waals surface area contributed by atoms with E-state index in [-0.39, 0.29) is 18.4 Å². The first-order valence-electron chi connectivity index (χ1n) is 7.55. The van der Waals surface area contributed by atoms with E-state index in [0.717, 1.165) is 10.0 Å². The van der Waals surface area contributed by atoms with E-state index >= 15 is 0 Å². The third-order valence-electron chi connectivity index (χ3n) is 3.30. The van der Waals surface area contributed by atoms with Crippen molar-refractivity contribution in [1.82, 2.24) is 10.6 Å². The lowest BCUT2D eigenvalue weighted by Gasteiger charge is -2.15. The zero-order valence-corrected chi connectivity index (χ0v) is 17.3. The first kappa shape index (κ1) is 20.4. The minimum atomic E-state index is -3.42. The standard InChI is InChI=1S/C16H18BrN3O4S2/c1-10(19-16(22)13-7-8-14(17)25-13)15(21)18-9-11-5-3-4-6-12(11)20-26(2,23)24/h3-8,10,20H,9H2,1-2H3,(H,18,21)(H,19,22). The summed E-state index contributed by atoms with van der Waals surface area (Å²) >= 11 is 4.56. The Bertz CT molecular complexity index is 912. The van der Waals surface area contributed by atoms with Gasteiger partial charge >= 0.3 is 0 Å². The summed E-state index contributed by atoms with van der Waals surface area (Å²) in [5.41, 5.74) is 1.02. The third kappa shape index (κ3) is 6.11. The molecule has 0 fully saturated rings. The van der Waals surface area contributed by atoms with E-state index in [1.165, 1.54) is 11.3 Å². The van der Waals surface area contributed by atoms with Crippen LogP contribution in [0, 0.1) is 0 Å². The second kappa shape index (κ2) is 8.65. The smallest absolute Gasteiger partial charge is 0.262 e. The van der Waals surface area contributed by atoms with E-state index < -0.39 is 16.1 Å². The van der Waals surface area contributed by atoms with Crippen molar-refractivity contribution in [2.24, 2.45) is 0 Å². The molecule has 1 atom stereocenters. The van der Waals surface area contributed by atoms with Crippen LogP contribution < -0.4 is 15.4 Å². The molecule has 1 aromatic heterocycles. The van der Waals surface area contributed by atoms with Crippen LogP contribution in [0.4, 0.5) is 5.69 Å². The van der Waals surface area contributed by atoms with Crippen molar-refractivity contribution in [3.05, 3.63) is 50.6 Å². The fraction of sp³-hybridized carbons (Fsp3) is 0.250. The largest absolute Gasteiger partial charge is 0.350 e. The molecular formula is C16H18BrN3O4S2. The number of nitrogens with one attached hydrogen (secondary N) is 3. The molecule has 7 nitrogen and oxygen atoms in total. The van der Waals surface area contributed by atoms with E-state index in [2.05, 4.69) is 31.3 Å². The van der Waals surface area contributed by atoms with Crippen LogP contribution in [-0.4, -0.2) is 32.5 Å². The van der Waals surface area contributed by atoms with Crippen molar-refractivity contribution in [3.8, 4) is 0 Å². The fourth-order valence-corrected chi connectivity index (χ4v) is 3.97. The molecule has 0 saturated carbocycles. The summed E-state index contributed by atoms with van der Waals surface area (Å²) in [6, 6.07) is 9.45. The number of para-hydroxylation sites is 1. The molecular weight excluding hydrogens is 442 g/mol. The summed E-state index contributed by atoms with van der Waals surface area (Å²) in [5, 5.41) is 5.32. The Morgan fingerprint density at radius 3 is 2.50 bits per heavy atom. The minimum absolute atomic E-state index is 0.127. The van der Waals surface area contributed by atoms with Gasteiger partial charge in [-0.05, 0) is 46.6 Å². The quantitative estimate of drug-likeness (QED) is 0.590. The molecule has 1 aromatic carbocycles. The van der Waals surface area contributed by atoms with Gasteiger partial charge in [0.1, 0.15) is 6.04 Å². The van der Waals surface area contributed by atoms with E-state index in [0.29, 0.717) is 16.1 Å². The molecule has 0 bridgehead atoms. The average Bonchev–Trinajstić information content (AvgIpc) is 2.99. The van der Waals surface area contributed by atoms with Crippen LogP contribution in [0.15, 0.2) is 40.2 Å². The first-order chi connectivity index (χ1) is 12.2. The highest BCUT2D eigenvalue weighted by Gasteiger charge is 2.18. The van der Waals surface area contributed by atoms with Gasteiger partial charge in [0, 0.05) is 6.54 Å². The molecule has 0 spiro atoms. The number of halogens is 1. The number of carbonyl (C=O) groups excluding carboxylic acids is 2. The number of benzene rings is 1. The lowest BCUT2D eigenvalue weighted by atomic mass is 10.2. The summed E-state index contributed by atoms with van der Waals surface area (Å²) in [6.45, 7) is 1.71. The molecule has 0 radical (unpaired) electrons. The molecule has 0 aliphatic carbocycles. The molecule has 3 N–H and O–H groups in total. The summed E-state index contributed by atoms with van der Waals surface area (Å²) in [6.07, 6.45) is 1.06. The molecule has 10 heteroatoms. The molecule has 2 amide bonds. The maximum absolute atomic E-state index is 12.2. The Morgan fingerprint density at radius 2 is 1.88 bits per heavy atom. The number of sulfonamides is 1. The summed E-state index contributed by atoms with van der Waals surface area (Å²) in [5.74, 6) is -0.703. The van der Waals surface area contributed by atoms with Gasteiger partial charge in [-0.15, -0.1) is 11.3 Å². The highest BCUT2D eigenvalue weighted by Crippen LogP contribution is 2.22. The van der Waals surface area contributed by atoms with Crippen LogP contribution in [0.25, 0.3) is 0 Å². The van der Waals surface area contributed by atoms with Gasteiger partial charge in [0.2, 0.25) is 15.9 Å². The van der Waals surface area contributed by atoms with Crippen LogP contribution in [0.5, 0.6) is 0 Å². The van der Waals surface area contributed by atoms with Crippen molar-refractivity contribution in [3.63, 3.8) is 0 Å². The molecule has 1 heterocycles. The Morgan fingerprint density at radius 1 is 1.19 bits per heavy atom. The molecule has 2 rings (SSSR count). The van der Waals surface area contributed by atoms with Crippen molar-refractivity contribution in [1.29, 1.82) is 0 Å². The number of hydrogen-bond acceptors (Lipinski definition) is 5.